The van der Waals surface area contributed by atoms with E-state index in [2.05, 4.69) is 4.90 Å². The van der Waals surface area contributed by atoms with Gasteiger partial charge in [-0.15, -0.1) is 0 Å². The van der Waals surface area contributed by atoms with Gasteiger partial charge in [0, 0.05) is 25.3 Å². The quantitative estimate of drug-likeness (QED) is 0.855. The Balaban J connectivity index is 1.91. The fourth-order valence-electron chi connectivity index (χ4n) is 3.18. The number of nitrogens with zero attached hydrogens (tertiary/aromatic N) is 1. The molecule has 0 aromatic heterocycles. The third kappa shape index (κ3) is 3.64. The van der Waals surface area contributed by atoms with Crippen LogP contribution in [0.15, 0.2) is 0 Å². The molecule has 0 unspecified atom stereocenters. The van der Waals surface area contributed by atoms with Crippen molar-refractivity contribution in [1.82, 2.24) is 4.90 Å². The van der Waals surface area contributed by atoms with Crippen molar-refractivity contribution in [2.75, 3.05) is 31.1 Å². The van der Waals surface area contributed by atoms with Crippen molar-refractivity contribution in [1.29, 1.82) is 0 Å². The van der Waals surface area contributed by atoms with Crippen LogP contribution in [0, 0.1) is 5.41 Å². The molecule has 0 atom stereocenters. The summed E-state index contributed by atoms with van der Waals surface area (Å²) >= 11 is 1.97. The van der Waals surface area contributed by atoms with E-state index in [0.717, 1.165) is 38.1 Å². The van der Waals surface area contributed by atoms with Gasteiger partial charge in [-0.2, -0.15) is 11.8 Å². The van der Waals surface area contributed by atoms with E-state index in [1.807, 2.05) is 11.8 Å². The van der Waals surface area contributed by atoms with E-state index < -0.39 is 0 Å². The first-order chi connectivity index (χ1) is 8.76. The summed E-state index contributed by atoms with van der Waals surface area (Å²) in [6.45, 7) is 2.57. The Morgan fingerprint density at radius 2 is 1.89 bits per heavy atom. The molecule has 1 aliphatic carbocycles. The minimum Gasteiger partial charge on any atom is -0.342 e. The Labute approximate surface area is 115 Å². The standard InChI is InChI=1S/C14H26N2OS/c15-12-14(5-2-1-3-6-14)11-13(17)16-7-4-9-18-10-8-16/h1-12,15H2. The van der Waals surface area contributed by atoms with Crippen LogP contribution in [0.5, 0.6) is 0 Å². The van der Waals surface area contributed by atoms with E-state index in [1.54, 1.807) is 0 Å². The predicted molar refractivity (Wildman–Crippen MR) is 77.7 cm³/mol. The molecule has 18 heavy (non-hydrogen) atoms. The van der Waals surface area contributed by atoms with Crippen molar-refractivity contribution in [2.45, 2.75) is 44.9 Å². The maximum atomic E-state index is 12.4. The molecule has 1 amide bonds. The molecule has 0 radical (unpaired) electrons. The number of amides is 1. The number of hydrogen-bond acceptors (Lipinski definition) is 3. The molecule has 2 rings (SSSR count). The van der Waals surface area contributed by atoms with E-state index in [4.69, 9.17) is 5.73 Å². The van der Waals surface area contributed by atoms with Crippen LogP contribution < -0.4 is 5.73 Å². The van der Waals surface area contributed by atoms with Crippen molar-refractivity contribution in [3.63, 3.8) is 0 Å². The minimum absolute atomic E-state index is 0.120. The number of carbonyl (C=O) groups excluding carboxylic acids is 1. The molecule has 0 spiro atoms. The highest BCUT2D eigenvalue weighted by Crippen LogP contribution is 2.38. The summed E-state index contributed by atoms with van der Waals surface area (Å²) in [5, 5.41) is 0. The molecule has 104 valence electrons. The first-order valence-electron chi connectivity index (χ1n) is 7.31. The second-order valence-corrected chi connectivity index (χ2v) is 7.01. The van der Waals surface area contributed by atoms with Crippen molar-refractivity contribution in [2.24, 2.45) is 11.1 Å². The molecule has 1 heterocycles. The molecule has 1 saturated heterocycles. The molecule has 0 aromatic carbocycles. The van der Waals surface area contributed by atoms with Gasteiger partial charge < -0.3 is 10.6 Å². The van der Waals surface area contributed by atoms with Crippen molar-refractivity contribution in [3.8, 4) is 0 Å². The molecule has 2 N–H and O–H groups in total. The second-order valence-electron chi connectivity index (χ2n) is 5.79. The minimum atomic E-state index is 0.120. The summed E-state index contributed by atoms with van der Waals surface area (Å²) < 4.78 is 0. The van der Waals surface area contributed by atoms with Crippen molar-refractivity contribution >= 4 is 17.7 Å². The van der Waals surface area contributed by atoms with E-state index in [9.17, 15) is 4.79 Å². The van der Waals surface area contributed by atoms with Crippen LogP contribution in [0.4, 0.5) is 0 Å². The number of hydrogen-bond donors (Lipinski definition) is 1. The summed E-state index contributed by atoms with van der Waals surface area (Å²) in [6.07, 6.45) is 7.95. The molecule has 0 aromatic rings. The number of rotatable bonds is 3. The fourth-order valence-corrected chi connectivity index (χ4v) is 4.07. The maximum absolute atomic E-state index is 12.4. The lowest BCUT2D eigenvalue weighted by Crippen LogP contribution is -2.41. The molecular weight excluding hydrogens is 244 g/mol. The predicted octanol–water partition coefficient (Wildman–Crippen LogP) is 2.25. The van der Waals surface area contributed by atoms with Crippen molar-refractivity contribution in [3.05, 3.63) is 0 Å². The number of nitrogens with two attached hydrogens (primary N) is 1. The van der Waals surface area contributed by atoms with Gasteiger partial charge in [-0.05, 0) is 37.0 Å². The van der Waals surface area contributed by atoms with E-state index in [0.29, 0.717) is 18.9 Å². The molecular formula is C14H26N2OS. The van der Waals surface area contributed by atoms with Crippen LogP contribution in [-0.4, -0.2) is 41.9 Å². The van der Waals surface area contributed by atoms with Crippen LogP contribution in [0.3, 0.4) is 0 Å². The van der Waals surface area contributed by atoms with Crippen LogP contribution in [0.2, 0.25) is 0 Å². The molecule has 1 saturated carbocycles. The highest BCUT2D eigenvalue weighted by molar-refractivity contribution is 7.99. The van der Waals surface area contributed by atoms with Crippen molar-refractivity contribution < 1.29 is 4.79 Å². The van der Waals surface area contributed by atoms with E-state index in [-0.39, 0.29) is 5.41 Å². The van der Waals surface area contributed by atoms with Crippen LogP contribution >= 0.6 is 11.8 Å². The Hall–Kier alpha value is -0.220. The molecule has 2 aliphatic rings. The van der Waals surface area contributed by atoms with Gasteiger partial charge in [-0.25, -0.2) is 0 Å². The maximum Gasteiger partial charge on any atom is 0.223 e. The SMILES string of the molecule is NCC1(CC(=O)N2CCCSCC2)CCCCC1. The molecule has 1 aliphatic heterocycles. The average Bonchev–Trinajstić information content (AvgIpc) is 2.68. The van der Waals surface area contributed by atoms with Gasteiger partial charge in [0.1, 0.15) is 0 Å². The lowest BCUT2D eigenvalue weighted by molar-refractivity contribution is -0.134. The lowest BCUT2D eigenvalue weighted by atomic mass is 9.71. The largest absolute Gasteiger partial charge is 0.342 e. The molecule has 4 heteroatoms. The second kappa shape index (κ2) is 6.80. The third-order valence-electron chi connectivity index (χ3n) is 4.45. The number of thioether (sulfide) groups is 1. The topological polar surface area (TPSA) is 46.3 Å². The van der Waals surface area contributed by atoms with E-state index >= 15 is 0 Å². The summed E-state index contributed by atoms with van der Waals surface area (Å²) in [6, 6.07) is 0. The van der Waals surface area contributed by atoms with Gasteiger partial charge in [0.2, 0.25) is 5.91 Å². The van der Waals surface area contributed by atoms with E-state index in [1.165, 1.54) is 25.0 Å². The Morgan fingerprint density at radius 3 is 2.61 bits per heavy atom. The van der Waals surface area contributed by atoms with Gasteiger partial charge >= 0.3 is 0 Å². The summed E-state index contributed by atoms with van der Waals surface area (Å²) in [7, 11) is 0. The highest BCUT2D eigenvalue weighted by Gasteiger charge is 2.34. The third-order valence-corrected chi connectivity index (χ3v) is 5.50. The van der Waals surface area contributed by atoms with Gasteiger partial charge in [0.05, 0.1) is 0 Å². The fraction of sp³-hybridized carbons (Fsp3) is 0.929. The Morgan fingerprint density at radius 1 is 1.11 bits per heavy atom. The zero-order valence-corrected chi connectivity index (χ0v) is 12.1. The first-order valence-corrected chi connectivity index (χ1v) is 8.47. The monoisotopic (exact) mass is 270 g/mol. The Bertz CT molecular complexity index is 269. The van der Waals surface area contributed by atoms with Crippen LogP contribution in [0.25, 0.3) is 0 Å². The van der Waals surface area contributed by atoms with Gasteiger partial charge in [-0.1, -0.05) is 19.3 Å². The summed E-state index contributed by atoms with van der Waals surface area (Å²) in [5.74, 6) is 2.65. The van der Waals surface area contributed by atoms with Gasteiger partial charge in [0.25, 0.3) is 0 Å². The zero-order chi connectivity index (χ0) is 12.8. The molecule has 0 bridgehead atoms. The molecule has 2 fully saturated rings. The first kappa shape index (κ1) is 14.2. The zero-order valence-electron chi connectivity index (χ0n) is 11.3. The lowest BCUT2D eigenvalue weighted by Gasteiger charge is -2.37. The average molecular weight is 270 g/mol. The smallest absolute Gasteiger partial charge is 0.223 e. The highest BCUT2D eigenvalue weighted by atomic mass is 32.2. The van der Waals surface area contributed by atoms with Crippen LogP contribution in [-0.2, 0) is 4.79 Å². The Kier molecular flexibility index (Phi) is 5.37. The van der Waals surface area contributed by atoms with Crippen LogP contribution in [0.1, 0.15) is 44.9 Å². The number of carbonyl (C=O) groups is 1. The normalized spacial score (nSPS) is 24.6. The van der Waals surface area contributed by atoms with Gasteiger partial charge in [-0.3, -0.25) is 4.79 Å². The summed E-state index contributed by atoms with van der Waals surface area (Å²) in [5.41, 5.74) is 6.09. The van der Waals surface area contributed by atoms with Gasteiger partial charge in [0.15, 0.2) is 0 Å². The summed E-state index contributed by atoms with van der Waals surface area (Å²) in [4.78, 5) is 14.5. The molecule has 3 nitrogen and oxygen atoms in total.